The van der Waals surface area contributed by atoms with Gasteiger partial charge in [0.2, 0.25) is 0 Å². The number of thiophene rings is 1. The molecule has 0 spiro atoms. The normalized spacial score (nSPS) is 23.9. The first-order valence-corrected chi connectivity index (χ1v) is 6.47. The summed E-state index contributed by atoms with van der Waals surface area (Å²) in [6.45, 7) is 5.09. The number of carbonyl (C=O) groups excluding carboxylic acids is 1. The molecule has 1 atom stereocenters. The molecule has 1 aromatic heterocycles. The smallest absolute Gasteiger partial charge is 0.261 e. The van der Waals surface area contributed by atoms with Gasteiger partial charge in [0.25, 0.3) is 5.91 Å². The molecule has 0 saturated carbocycles. The Morgan fingerprint density at radius 3 is 2.94 bits per heavy atom. The summed E-state index contributed by atoms with van der Waals surface area (Å²) in [7, 11) is 0. The zero-order chi connectivity index (χ0) is 12.5. The molecule has 0 aliphatic carbocycles. The van der Waals surface area contributed by atoms with Crippen LogP contribution in [0.5, 0.6) is 0 Å². The van der Waals surface area contributed by atoms with Gasteiger partial charge in [-0.05, 0) is 25.5 Å². The van der Waals surface area contributed by atoms with E-state index < -0.39 is 5.60 Å². The van der Waals surface area contributed by atoms with Crippen molar-refractivity contribution in [3.63, 3.8) is 0 Å². The molecule has 1 fully saturated rings. The van der Waals surface area contributed by atoms with E-state index in [1.54, 1.807) is 0 Å². The van der Waals surface area contributed by atoms with E-state index in [9.17, 15) is 9.90 Å². The molecule has 1 amide bonds. The molecule has 1 unspecified atom stereocenters. The fourth-order valence-electron chi connectivity index (χ4n) is 1.75. The first-order valence-electron chi connectivity index (χ1n) is 5.65. The Bertz CT molecular complexity index is 402. The molecule has 4 nitrogen and oxygen atoms in total. The second kappa shape index (κ2) is 4.76. The minimum Gasteiger partial charge on any atom is -0.386 e. The summed E-state index contributed by atoms with van der Waals surface area (Å²) in [5, 5.41) is 12.8. The number of aryl methyl sites for hydroxylation is 2. The Balaban J connectivity index is 1.93. The maximum absolute atomic E-state index is 11.9. The van der Waals surface area contributed by atoms with Gasteiger partial charge in [0, 0.05) is 24.4 Å². The summed E-state index contributed by atoms with van der Waals surface area (Å²) < 4.78 is 5.12. The summed E-state index contributed by atoms with van der Waals surface area (Å²) in [5.74, 6) is -0.119. The zero-order valence-corrected chi connectivity index (χ0v) is 10.9. The largest absolute Gasteiger partial charge is 0.386 e. The fourth-order valence-corrected chi connectivity index (χ4v) is 2.70. The Labute approximate surface area is 105 Å². The first kappa shape index (κ1) is 12.5. The van der Waals surface area contributed by atoms with Gasteiger partial charge in [-0.25, -0.2) is 0 Å². The van der Waals surface area contributed by atoms with Gasteiger partial charge in [-0.3, -0.25) is 4.79 Å². The minimum absolute atomic E-state index is 0.119. The van der Waals surface area contributed by atoms with Gasteiger partial charge in [0.15, 0.2) is 0 Å². The predicted molar refractivity (Wildman–Crippen MR) is 66.5 cm³/mol. The Kier molecular flexibility index (Phi) is 3.51. The molecular weight excluding hydrogens is 238 g/mol. The van der Waals surface area contributed by atoms with E-state index in [0.717, 1.165) is 10.4 Å². The molecule has 2 heterocycles. The van der Waals surface area contributed by atoms with Crippen LogP contribution < -0.4 is 5.32 Å². The van der Waals surface area contributed by atoms with Crippen LogP contribution in [0.2, 0.25) is 0 Å². The lowest BCUT2D eigenvalue weighted by atomic mass is 10.0. The topological polar surface area (TPSA) is 58.6 Å². The molecule has 5 heteroatoms. The number of rotatable bonds is 3. The average molecular weight is 255 g/mol. The van der Waals surface area contributed by atoms with Crippen LogP contribution in [0.3, 0.4) is 0 Å². The van der Waals surface area contributed by atoms with Crippen molar-refractivity contribution in [1.82, 2.24) is 5.32 Å². The molecule has 17 heavy (non-hydrogen) atoms. The van der Waals surface area contributed by atoms with Crippen LogP contribution >= 0.6 is 11.3 Å². The van der Waals surface area contributed by atoms with Crippen molar-refractivity contribution in [1.29, 1.82) is 0 Å². The molecule has 0 aromatic carbocycles. The third-order valence-electron chi connectivity index (χ3n) is 3.05. The highest BCUT2D eigenvalue weighted by molar-refractivity contribution is 7.14. The highest BCUT2D eigenvalue weighted by Gasteiger charge is 2.32. The SMILES string of the molecule is Cc1cc(C(=O)NCC2(O)CCOC2)sc1C. The van der Waals surface area contributed by atoms with Crippen molar-refractivity contribution >= 4 is 17.2 Å². The van der Waals surface area contributed by atoms with Crippen LogP contribution in [0.1, 0.15) is 26.5 Å². The maximum atomic E-state index is 11.9. The molecule has 1 aliphatic rings. The van der Waals surface area contributed by atoms with Crippen molar-refractivity contribution in [3.05, 3.63) is 21.4 Å². The number of amides is 1. The average Bonchev–Trinajstić information content (AvgIpc) is 2.85. The highest BCUT2D eigenvalue weighted by atomic mass is 32.1. The summed E-state index contributed by atoms with van der Waals surface area (Å²) in [5.41, 5.74) is 0.236. The quantitative estimate of drug-likeness (QED) is 0.854. The van der Waals surface area contributed by atoms with Crippen LogP contribution in [-0.2, 0) is 4.74 Å². The van der Waals surface area contributed by atoms with Crippen LogP contribution in [0, 0.1) is 13.8 Å². The lowest BCUT2D eigenvalue weighted by Gasteiger charge is -2.20. The van der Waals surface area contributed by atoms with E-state index in [-0.39, 0.29) is 12.5 Å². The summed E-state index contributed by atoms with van der Waals surface area (Å²) in [6.07, 6.45) is 0.579. The molecule has 0 bridgehead atoms. The maximum Gasteiger partial charge on any atom is 0.261 e. The van der Waals surface area contributed by atoms with E-state index in [0.29, 0.717) is 24.5 Å². The standard InChI is InChI=1S/C12H17NO3S/c1-8-5-10(17-9(8)2)11(14)13-6-12(15)3-4-16-7-12/h5,15H,3-4,6-7H2,1-2H3,(H,13,14). The summed E-state index contributed by atoms with van der Waals surface area (Å²) >= 11 is 1.48. The molecule has 1 aromatic rings. The lowest BCUT2D eigenvalue weighted by Crippen LogP contribution is -2.43. The molecule has 2 rings (SSSR count). The number of nitrogens with one attached hydrogen (secondary N) is 1. The fraction of sp³-hybridized carbons (Fsp3) is 0.583. The molecule has 1 aliphatic heterocycles. The Hall–Kier alpha value is -0.910. The van der Waals surface area contributed by atoms with E-state index >= 15 is 0 Å². The number of hydrogen-bond donors (Lipinski definition) is 2. The van der Waals surface area contributed by atoms with Gasteiger partial charge in [-0.2, -0.15) is 0 Å². The van der Waals surface area contributed by atoms with E-state index in [1.807, 2.05) is 19.9 Å². The van der Waals surface area contributed by atoms with Gasteiger partial charge >= 0.3 is 0 Å². The molecule has 94 valence electrons. The van der Waals surface area contributed by atoms with Crippen molar-refractivity contribution in [2.45, 2.75) is 25.9 Å². The van der Waals surface area contributed by atoms with Crippen LogP contribution in [0.4, 0.5) is 0 Å². The van der Waals surface area contributed by atoms with Gasteiger partial charge in [0.05, 0.1) is 11.5 Å². The van der Waals surface area contributed by atoms with Gasteiger partial charge in [-0.1, -0.05) is 0 Å². The highest BCUT2D eigenvalue weighted by Crippen LogP contribution is 2.21. The number of carbonyl (C=O) groups is 1. The molecule has 0 radical (unpaired) electrons. The lowest BCUT2D eigenvalue weighted by molar-refractivity contribution is 0.0265. The number of ether oxygens (including phenoxy) is 1. The minimum atomic E-state index is -0.892. The summed E-state index contributed by atoms with van der Waals surface area (Å²) in [4.78, 5) is 13.7. The number of hydrogen-bond acceptors (Lipinski definition) is 4. The third-order valence-corrected chi connectivity index (χ3v) is 4.20. The van der Waals surface area contributed by atoms with E-state index in [4.69, 9.17) is 4.74 Å². The first-order chi connectivity index (χ1) is 8.00. The van der Waals surface area contributed by atoms with Crippen molar-refractivity contribution in [2.24, 2.45) is 0 Å². The molecular formula is C12H17NO3S. The second-order valence-corrected chi connectivity index (χ2v) is 5.82. The van der Waals surface area contributed by atoms with Crippen LogP contribution in [0.15, 0.2) is 6.07 Å². The van der Waals surface area contributed by atoms with Crippen molar-refractivity contribution in [3.8, 4) is 0 Å². The Morgan fingerprint density at radius 1 is 1.65 bits per heavy atom. The molecule has 2 N–H and O–H groups in total. The van der Waals surface area contributed by atoms with Gasteiger partial charge in [0.1, 0.15) is 5.60 Å². The van der Waals surface area contributed by atoms with E-state index in [2.05, 4.69) is 5.32 Å². The zero-order valence-electron chi connectivity index (χ0n) is 10.1. The predicted octanol–water partition coefficient (Wildman–Crippen LogP) is 1.25. The van der Waals surface area contributed by atoms with Crippen molar-refractivity contribution < 1.29 is 14.6 Å². The molecule has 1 saturated heterocycles. The van der Waals surface area contributed by atoms with Crippen LogP contribution in [0.25, 0.3) is 0 Å². The van der Waals surface area contributed by atoms with E-state index in [1.165, 1.54) is 11.3 Å². The third kappa shape index (κ3) is 2.86. The van der Waals surface area contributed by atoms with Crippen molar-refractivity contribution in [2.75, 3.05) is 19.8 Å². The second-order valence-electron chi connectivity index (χ2n) is 4.56. The van der Waals surface area contributed by atoms with Gasteiger partial charge in [-0.15, -0.1) is 11.3 Å². The monoisotopic (exact) mass is 255 g/mol. The number of aliphatic hydroxyl groups is 1. The van der Waals surface area contributed by atoms with Crippen LogP contribution in [-0.4, -0.2) is 36.4 Å². The summed E-state index contributed by atoms with van der Waals surface area (Å²) in [6, 6.07) is 1.88. The Morgan fingerprint density at radius 2 is 2.41 bits per heavy atom. The van der Waals surface area contributed by atoms with Gasteiger partial charge < -0.3 is 15.2 Å².